The van der Waals surface area contributed by atoms with Crippen molar-refractivity contribution in [1.29, 1.82) is 0 Å². The highest BCUT2D eigenvalue weighted by atomic mass is 16.1. The van der Waals surface area contributed by atoms with Crippen LogP contribution in [0.1, 0.15) is 44.1 Å². The first-order valence-electron chi connectivity index (χ1n) is 7.05. The Kier molecular flexibility index (Phi) is 4.53. The predicted octanol–water partition coefficient (Wildman–Crippen LogP) is 2.64. The molecule has 0 unspecified atom stereocenters. The van der Waals surface area contributed by atoms with E-state index < -0.39 is 0 Å². The zero-order chi connectivity index (χ0) is 13.7. The summed E-state index contributed by atoms with van der Waals surface area (Å²) in [4.78, 5) is 16.3. The lowest BCUT2D eigenvalue weighted by Gasteiger charge is -2.36. The van der Waals surface area contributed by atoms with Gasteiger partial charge in [0.1, 0.15) is 5.82 Å². The zero-order valence-corrected chi connectivity index (χ0v) is 11.8. The van der Waals surface area contributed by atoms with Crippen LogP contribution in [0.2, 0.25) is 0 Å². The van der Waals surface area contributed by atoms with E-state index in [1.807, 2.05) is 26.1 Å². The van der Waals surface area contributed by atoms with E-state index in [2.05, 4.69) is 15.6 Å². The van der Waals surface area contributed by atoms with Gasteiger partial charge in [0.25, 0.3) is 0 Å². The molecule has 0 radical (unpaired) electrons. The van der Waals surface area contributed by atoms with Crippen LogP contribution >= 0.6 is 0 Å². The van der Waals surface area contributed by atoms with E-state index in [1.54, 1.807) is 6.20 Å². The van der Waals surface area contributed by atoms with Crippen molar-refractivity contribution in [2.45, 2.75) is 51.0 Å². The largest absolute Gasteiger partial charge is 0.314 e. The quantitative estimate of drug-likeness (QED) is 0.876. The van der Waals surface area contributed by atoms with E-state index >= 15 is 0 Å². The molecule has 1 aliphatic carbocycles. The highest BCUT2D eigenvalue weighted by Gasteiger charge is 2.32. The molecular formula is C15H23N3O. The Hall–Kier alpha value is -1.42. The first-order valence-corrected chi connectivity index (χ1v) is 7.05. The highest BCUT2D eigenvalue weighted by Crippen LogP contribution is 2.30. The smallest absolute Gasteiger partial charge is 0.227 e. The second-order valence-electron chi connectivity index (χ2n) is 5.54. The van der Waals surface area contributed by atoms with Crippen LogP contribution in [0.3, 0.4) is 0 Å². The molecule has 4 nitrogen and oxygen atoms in total. The number of nitrogens with zero attached hydrogens (tertiary/aromatic N) is 1. The number of amides is 1. The van der Waals surface area contributed by atoms with Crippen LogP contribution in [0.25, 0.3) is 0 Å². The third-order valence-electron chi connectivity index (χ3n) is 4.02. The van der Waals surface area contributed by atoms with Crippen molar-refractivity contribution in [1.82, 2.24) is 10.3 Å². The van der Waals surface area contributed by atoms with Crippen LogP contribution in [0.15, 0.2) is 18.3 Å². The number of hydrogen-bond donors (Lipinski definition) is 2. The van der Waals surface area contributed by atoms with Gasteiger partial charge in [-0.25, -0.2) is 4.98 Å². The number of carbonyl (C=O) groups excluding carboxylic acids is 1. The van der Waals surface area contributed by atoms with Gasteiger partial charge in [0.05, 0.1) is 0 Å². The van der Waals surface area contributed by atoms with Crippen molar-refractivity contribution in [3.8, 4) is 0 Å². The molecule has 4 heteroatoms. The topological polar surface area (TPSA) is 54.0 Å². The molecule has 1 fully saturated rings. The average Bonchev–Trinajstić information content (AvgIpc) is 2.42. The van der Waals surface area contributed by atoms with Crippen molar-refractivity contribution in [2.75, 3.05) is 12.4 Å². The summed E-state index contributed by atoms with van der Waals surface area (Å²) in [5.74, 6) is 0.685. The predicted molar refractivity (Wildman–Crippen MR) is 77.1 cm³/mol. The Labute approximate surface area is 115 Å². The van der Waals surface area contributed by atoms with Gasteiger partial charge in [0.15, 0.2) is 0 Å². The van der Waals surface area contributed by atoms with Gasteiger partial charge in [0, 0.05) is 18.2 Å². The number of aromatic nitrogens is 1. The summed E-state index contributed by atoms with van der Waals surface area (Å²) >= 11 is 0. The SMILES string of the molecule is CNC1(CC(=O)Nc2ccc(C)cn2)CCCCC1. The van der Waals surface area contributed by atoms with Crippen molar-refractivity contribution in [2.24, 2.45) is 0 Å². The number of carbonyl (C=O) groups is 1. The van der Waals surface area contributed by atoms with E-state index in [1.165, 1.54) is 19.3 Å². The van der Waals surface area contributed by atoms with Gasteiger partial charge in [-0.2, -0.15) is 0 Å². The Morgan fingerprint density at radius 2 is 2.05 bits per heavy atom. The fraction of sp³-hybridized carbons (Fsp3) is 0.600. The first kappa shape index (κ1) is 14.0. The van der Waals surface area contributed by atoms with Crippen molar-refractivity contribution < 1.29 is 4.79 Å². The lowest BCUT2D eigenvalue weighted by molar-refractivity contribution is -0.117. The fourth-order valence-corrected chi connectivity index (χ4v) is 2.78. The number of hydrogen-bond acceptors (Lipinski definition) is 3. The molecule has 0 aromatic carbocycles. The van der Waals surface area contributed by atoms with Crippen LogP contribution in [-0.2, 0) is 4.79 Å². The molecule has 1 aliphatic rings. The lowest BCUT2D eigenvalue weighted by atomic mass is 9.79. The highest BCUT2D eigenvalue weighted by molar-refractivity contribution is 5.90. The molecule has 2 N–H and O–H groups in total. The minimum absolute atomic E-state index is 0.0208. The molecule has 1 saturated carbocycles. The maximum absolute atomic E-state index is 12.1. The van der Waals surface area contributed by atoms with Crippen LogP contribution in [-0.4, -0.2) is 23.5 Å². The van der Waals surface area contributed by atoms with Crippen LogP contribution in [0.4, 0.5) is 5.82 Å². The molecule has 1 aromatic rings. The average molecular weight is 261 g/mol. The molecule has 0 spiro atoms. The third-order valence-corrected chi connectivity index (χ3v) is 4.02. The first-order chi connectivity index (χ1) is 9.13. The molecule has 1 aromatic heterocycles. The van der Waals surface area contributed by atoms with Crippen LogP contribution in [0.5, 0.6) is 0 Å². The molecule has 1 heterocycles. The number of rotatable bonds is 4. The summed E-state index contributed by atoms with van der Waals surface area (Å²) in [5, 5.41) is 6.25. The molecule has 0 aliphatic heterocycles. The summed E-state index contributed by atoms with van der Waals surface area (Å²) in [6.45, 7) is 1.98. The Morgan fingerprint density at radius 3 is 2.63 bits per heavy atom. The van der Waals surface area contributed by atoms with Gasteiger partial charge in [-0.15, -0.1) is 0 Å². The Balaban J connectivity index is 1.94. The minimum atomic E-state index is -0.0208. The summed E-state index contributed by atoms with van der Waals surface area (Å²) in [6, 6.07) is 3.80. The van der Waals surface area contributed by atoms with E-state index in [-0.39, 0.29) is 11.4 Å². The molecule has 0 atom stereocenters. The summed E-state index contributed by atoms with van der Waals surface area (Å²) in [7, 11) is 1.96. The van der Waals surface area contributed by atoms with E-state index in [0.717, 1.165) is 18.4 Å². The minimum Gasteiger partial charge on any atom is -0.314 e. The monoisotopic (exact) mass is 261 g/mol. The number of pyridine rings is 1. The maximum atomic E-state index is 12.1. The molecular weight excluding hydrogens is 238 g/mol. The summed E-state index contributed by atoms with van der Waals surface area (Å²) in [6.07, 6.45) is 8.15. The zero-order valence-electron chi connectivity index (χ0n) is 11.8. The number of anilines is 1. The van der Waals surface area contributed by atoms with Crippen molar-refractivity contribution >= 4 is 11.7 Å². The lowest BCUT2D eigenvalue weighted by Crippen LogP contribution is -2.47. The molecule has 104 valence electrons. The second kappa shape index (κ2) is 6.15. The molecule has 0 bridgehead atoms. The molecule has 19 heavy (non-hydrogen) atoms. The van der Waals surface area contributed by atoms with Gasteiger partial charge < -0.3 is 10.6 Å². The normalized spacial score (nSPS) is 18.0. The fourth-order valence-electron chi connectivity index (χ4n) is 2.78. The van der Waals surface area contributed by atoms with E-state index in [0.29, 0.717) is 12.2 Å². The Bertz CT molecular complexity index is 422. The molecule has 1 amide bonds. The molecule has 0 saturated heterocycles. The van der Waals surface area contributed by atoms with Crippen molar-refractivity contribution in [3.05, 3.63) is 23.9 Å². The van der Waals surface area contributed by atoms with Crippen molar-refractivity contribution in [3.63, 3.8) is 0 Å². The number of nitrogens with one attached hydrogen (secondary N) is 2. The maximum Gasteiger partial charge on any atom is 0.227 e. The van der Waals surface area contributed by atoms with Gasteiger partial charge in [-0.05, 0) is 38.4 Å². The molecule has 2 rings (SSSR count). The van der Waals surface area contributed by atoms with Gasteiger partial charge in [-0.3, -0.25) is 4.79 Å². The second-order valence-corrected chi connectivity index (χ2v) is 5.54. The van der Waals surface area contributed by atoms with Gasteiger partial charge in [-0.1, -0.05) is 25.3 Å². The van der Waals surface area contributed by atoms with Gasteiger partial charge >= 0.3 is 0 Å². The number of aryl methyl sites for hydroxylation is 1. The third kappa shape index (κ3) is 3.77. The van der Waals surface area contributed by atoms with Crippen LogP contribution < -0.4 is 10.6 Å². The van der Waals surface area contributed by atoms with Gasteiger partial charge in [0.2, 0.25) is 5.91 Å². The summed E-state index contributed by atoms with van der Waals surface area (Å²) in [5.41, 5.74) is 1.07. The van der Waals surface area contributed by atoms with E-state index in [9.17, 15) is 4.79 Å². The summed E-state index contributed by atoms with van der Waals surface area (Å²) < 4.78 is 0. The van der Waals surface area contributed by atoms with Crippen LogP contribution in [0, 0.1) is 6.92 Å². The standard InChI is InChI=1S/C15H23N3O/c1-12-6-7-13(17-11-12)18-14(19)10-15(16-2)8-4-3-5-9-15/h6-7,11,16H,3-5,8-10H2,1-2H3,(H,17,18,19). The van der Waals surface area contributed by atoms with E-state index in [4.69, 9.17) is 0 Å². The Morgan fingerprint density at radius 1 is 1.32 bits per heavy atom.